The number of nitrogens with zero attached hydrogens (tertiary/aromatic N) is 3. The highest BCUT2D eigenvalue weighted by Crippen LogP contribution is 2.20. The number of thiazole rings is 1. The van der Waals surface area contributed by atoms with Gasteiger partial charge in [-0.3, -0.25) is 14.0 Å². The van der Waals surface area contributed by atoms with E-state index in [1.165, 1.54) is 0 Å². The molecule has 0 spiro atoms. The Balaban J connectivity index is 1.85. The van der Waals surface area contributed by atoms with Crippen LogP contribution in [0.3, 0.4) is 0 Å². The highest BCUT2D eigenvalue weighted by atomic mass is 32.1. The molecule has 3 heterocycles. The Bertz CT molecular complexity index is 997. The monoisotopic (exact) mass is 389 g/mol. The SMILES string of the molecule is Cc1ncc(COc2ccc3nc(C)c(C(=O)N[C@@H](CO)C(N)=O)n3c2)s1. The first kappa shape index (κ1) is 18.8. The van der Waals surface area contributed by atoms with E-state index >= 15 is 0 Å². The maximum Gasteiger partial charge on any atom is 0.270 e. The molecule has 0 aliphatic carbocycles. The average Bonchev–Trinajstić information content (AvgIpc) is 3.19. The summed E-state index contributed by atoms with van der Waals surface area (Å²) >= 11 is 1.55. The smallest absolute Gasteiger partial charge is 0.270 e. The molecule has 0 aliphatic heterocycles. The Morgan fingerprint density at radius 1 is 1.41 bits per heavy atom. The van der Waals surface area contributed by atoms with E-state index in [0.29, 0.717) is 23.7 Å². The van der Waals surface area contributed by atoms with E-state index in [-0.39, 0.29) is 5.69 Å². The van der Waals surface area contributed by atoms with E-state index in [4.69, 9.17) is 10.5 Å². The van der Waals surface area contributed by atoms with E-state index in [0.717, 1.165) is 9.88 Å². The van der Waals surface area contributed by atoms with Gasteiger partial charge in [-0.1, -0.05) is 0 Å². The van der Waals surface area contributed by atoms with Crippen molar-refractivity contribution < 1.29 is 19.4 Å². The number of aryl methyl sites for hydroxylation is 2. The predicted octanol–water partition coefficient (Wildman–Crippen LogP) is 0.563. The van der Waals surface area contributed by atoms with Crippen LogP contribution < -0.4 is 15.8 Å². The van der Waals surface area contributed by atoms with Crippen molar-refractivity contribution in [1.29, 1.82) is 0 Å². The molecule has 27 heavy (non-hydrogen) atoms. The number of pyridine rings is 1. The van der Waals surface area contributed by atoms with Crippen LogP contribution in [0.2, 0.25) is 0 Å². The molecular weight excluding hydrogens is 370 g/mol. The third kappa shape index (κ3) is 4.07. The summed E-state index contributed by atoms with van der Waals surface area (Å²) in [6.45, 7) is 3.38. The van der Waals surface area contributed by atoms with Crippen molar-refractivity contribution in [3.63, 3.8) is 0 Å². The highest BCUT2D eigenvalue weighted by molar-refractivity contribution is 7.11. The largest absolute Gasteiger partial charge is 0.486 e. The molecule has 0 saturated heterocycles. The summed E-state index contributed by atoms with van der Waals surface area (Å²) in [4.78, 5) is 33.3. The summed E-state index contributed by atoms with van der Waals surface area (Å²) in [6.07, 6.45) is 3.41. The minimum Gasteiger partial charge on any atom is -0.486 e. The maximum absolute atomic E-state index is 12.6. The van der Waals surface area contributed by atoms with Gasteiger partial charge in [0.2, 0.25) is 5.91 Å². The van der Waals surface area contributed by atoms with E-state index in [1.807, 2.05) is 6.92 Å². The maximum atomic E-state index is 12.6. The topological polar surface area (TPSA) is 132 Å². The number of amides is 2. The highest BCUT2D eigenvalue weighted by Gasteiger charge is 2.22. The molecule has 0 bridgehead atoms. The van der Waals surface area contributed by atoms with E-state index < -0.39 is 24.5 Å². The van der Waals surface area contributed by atoms with Crippen LogP contribution in [0.25, 0.3) is 5.65 Å². The van der Waals surface area contributed by atoms with Crippen LogP contribution in [0, 0.1) is 13.8 Å². The fourth-order valence-electron chi connectivity index (χ4n) is 2.56. The second kappa shape index (κ2) is 7.72. The van der Waals surface area contributed by atoms with Gasteiger partial charge in [-0.2, -0.15) is 0 Å². The van der Waals surface area contributed by atoms with Gasteiger partial charge in [-0.15, -0.1) is 11.3 Å². The molecule has 1 atom stereocenters. The van der Waals surface area contributed by atoms with Crippen LogP contribution in [-0.4, -0.2) is 43.9 Å². The van der Waals surface area contributed by atoms with Gasteiger partial charge < -0.3 is 20.9 Å². The molecule has 0 aliphatic rings. The number of primary amides is 1. The van der Waals surface area contributed by atoms with Gasteiger partial charge in [-0.25, -0.2) is 9.97 Å². The molecule has 0 radical (unpaired) electrons. The number of hydrogen-bond donors (Lipinski definition) is 3. The summed E-state index contributed by atoms with van der Waals surface area (Å²) in [5, 5.41) is 12.6. The van der Waals surface area contributed by atoms with Gasteiger partial charge in [0.1, 0.15) is 29.7 Å². The zero-order valence-corrected chi connectivity index (χ0v) is 15.6. The summed E-state index contributed by atoms with van der Waals surface area (Å²) in [6, 6.07) is 2.32. The lowest BCUT2D eigenvalue weighted by molar-refractivity contribution is -0.120. The lowest BCUT2D eigenvalue weighted by atomic mass is 10.2. The first-order valence-electron chi connectivity index (χ1n) is 8.13. The van der Waals surface area contributed by atoms with Crippen molar-refractivity contribution in [1.82, 2.24) is 19.7 Å². The number of aliphatic hydroxyl groups excluding tert-OH is 1. The number of aliphatic hydroxyl groups is 1. The minimum atomic E-state index is -1.17. The summed E-state index contributed by atoms with van der Waals surface area (Å²) in [5.41, 5.74) is 6.43. The van der Waals surface area contributed by atoms with Crippen LogP contribution in [0.15, 0.2) is 24.5 Å². The molecule has 0 fully saturated rings. The van der Waals surface area contributed by atoms with Gasteiger partial charge in [0.05, 0.1) is 28.4 Å². The quantitative estimate of drug-likeness (QED) is 0.541. The fraction of sp³-hybridized carbons (Fsp3) is 0.294. The molecule has 0 unspecified atom stereocenters. The molecule has 3 aromatic heterocycles. The number of nitrogens with one attached hydrogen (secondary N) is 1. The van der Waals surface area contributed by atoms with Crippen molar-refractivity contribution in [2.75, 3.05) is 6.61 Å². The van der Waals surface area contributed by atoms with Crippen LogP contribution in [0.4, 0.5) is 0 Å². The van der Waals surface area contributed by atoms with Crippen LogP contribution in [0.5, 0.6) is 5.75 Å². The normalized spacial score (nSPS) is 12.1. The first-order chi connectivity index (χ1) is 12.9. The van der Waals surface area contributed by atoms with Crippen LogP contribution >= 0.6 is 11.3 Å². The van der Waals surface area contributed by atoms with Crippen LogP contribution in [0.1, 0.15) is 26.1 Å². The number of hydrogen-bond acceptors (Lipinski definition) is 7. The number of rotatable bonds is 7. The number of ether oxygens (including phenoxy) is 1. The van der Waals surface area contributed by atoms with Gasteiger partial charge >= 0.3 is 0 Å². The second-order valence-corrected chi connectivity index (χ2v) is 7.20. The Morgan fingerprint density at radius 2 is 2.19 bits per heavy atom. The van der Waals surface area contributed by atoms with Crippen molar-refractivity contribution in [3.8, 4) is 5.75 Å². The third-order valence-electron chi connectivity index (χ3n) is 3.86. The zero-order valence-electron chi connectivity index (χ0n) is 14.8. The third-order valence-corrected chi connectivity index (χ3v) is 4.75. The standard InChI is InChI=1S/C17H19N5O4S/c1-9-15(17(25)21-13(7-23)16(18)24)22-6-11(3-4-14(22)20-9)26-8-12-5-19-10(2)27-12/h3-6,13,23H,7-8H2,1-2H3,(H2,18,24)(H,21,25)/t13-/m0/s1. The Kier molecular flexibility index (Phi) is 5.38. The van der Waals surface area contributed by atoms with Crippen molar-refractivity contribution >= 4 is 28.8 Å². The fourth-order valence-corrected chi connectivity index (χ4v) is 3.27. The number of carbonyl (C=O) groups excluding carboxylic acids is 2. The van der Waals surface area contributed by atoms with Crippen molar-refractivity contribution in [3.05, 3.63) is 45.8 Å². The van der Waals surface area contributed by atoms with E-state index in [1.54, 1.807) is 47.2 Å². The van der Waals surface area contributed by atoms with Gasteiger partial charge in [0, 0.05) is 6.20 Å². The Labute approximate surface area is 158 Å². The predicted molar refractivity (Wildman–Crippen MR) is 98.6 cm³/mol. The average molecular weight is 389 g/mol. The number of aromatic nitrogens is 3. The second-order valence-electron chi connectivity index (χ2n) is 5.88. The molecule has 4 N–H and O–H groups in total. The summed E-state index contributed by atoms with van der Waals surface area (Å²) in [5.74, 6) is -0.831. The van der Waals surface area contributed by atoms with E-state index in [9.17, 15) is 14.7 Å². The summed E-state index contributed by atoms with van der Waals surface area (Å²) < 4.78 is 7.35. The molecule has 9 nitrogen and oxygen atoms in total. The minimum absolute atomic E-state index is 0.240. The van der Waals surface area contributed by atoms with E-state index in [2.05, 4.69) is 15.3 Å². The number of nitrogens with two attached hydrogens (primary N) is 1. The molecule has 10 heteroatoms. The first-order valence-corrected chi connectivity index (χ1v) is 8.94. The lowest BCUT2D eigenvalue weighted by Gasteiger charge is -2.13. The van der Waals surface area contributed by atoms with Crippen molar-refractivity contribution in [2.45, 2.75) is 26.5 Å². The molecular formula is C17H19N5O4S. The molecule has 0 saturated carbocycles. The lowest BCUT2D eigenvalue weighted by Crippen LogP contribution is -2.47. The van der Waals surface area contributed by atoms with Crippen LogP contribution in [-0.2, 0) is 11.4 Å². The van der Waals surface area contributed by atoms with Gasteiger partial charge in [-0.05, 0) is 26.0 Å². The van der Waals surface area contributed by atoms with Crippen molar-refractivity contribution in [2.24, 2.45) is 5.73 Å². The molecule has 142 valence electrons. The summed E-state index contributed by atoms with van der Waals surface area (Å²) in [7, 11) is 0. The van der Waals surface area contributed by atoms with Gasteiger partial charge in [0.25, 0.3) is 5.91 Å². The van der Waals surface area contributed by atoms with Gasteiger partial charge in [0.15, 0.2) is 0 Å². The molecule has 2 amide bonds. The number of imidazole rings is 1. The molecule has 3 aromatic rings. The number of fused-ring (bicyclic) bond motifs is 1. The Morgan fingerprint density at radius 3 is 2.81 bits per heavy atom. The molecule has 0 aromatic carbocycles. The molecule has 3 rings (SSSR count). The zero-order chi connectivity index (χ0) is 19.6. The number of carbonyl (C=O) groups is 2. The Hall–Kier alpha value is -2.98.